The number of likely N-dealkylation sites (N-methyl/N-ethyl adjacent to an activating group) is 1. The van der Waals surface area contributed by atoms with E-state index in [0.29, 0.717) is 17.2 Å². The smallest absolute Gasteiger partial charge is 0.253 e. The number of carbonyl (C=O) groups excluding carboxylic acids is 1. The SMILES string of the molecule is COc1cc2c(cc1OC)[C@@H]1CN(C)CC[C@@H]1N=C2c1ccc(C(=O)N(C)C)cc1.Cl. The number of rotatable bonds is 4. The van der Waals surface area contributed by atoms with Crippen LogP contribution in [0.3, 0.4) is 0 Å². The van der Waals surface area contributed by atoms with Crippen LogP contribution in [-0.4, -0.2) is 75.9 Å². The van der Waals surface area contributed by atoms with Crippen molar-refractivity contribution in [2.75, 3.05) is 48.5 Å². The van der Waals surface area contributed by atoms with Gasteiger partial charge in [0.2, 0.25) is 0 Å². The molecule has 0 bridgehead atoms. The zero-order valence-corrected chi connectivity index (χ0v) is 19.5. The first-order valence-corrected chi connectivity index (χ1v) is 10.3. The quantitative estimate of drug-likeness (QED) is 0.726. The highest BCUT2D eigenvalue weighted by atomic mass is 35.5. The molecule has 2 heterocycles. The van der Waals surface area contributed by atoms with Crippen molar-refractivity contribution >= 4 is 24.0 Å². The van der Waals surface area contributed by atoms with Crippen molar-refractivity contribution in [3.63, 3.8) is 0 Å². The number of likely N-dealkylation sites (tertiary alicyclic amines) is 1. The molecule has 0 unspecified atom stereocenters. The van der Waals surface area contributed by atoms with Gasteiger partial charge >= 0.3 is 0 Å². The van der Waals surface area contributed by atoms with Crippen molar-refractivity contribution < 1.29 is 14.3 Å². The number of ether oxygens (including phenoxy) is 2. The molecule has 0 N–H and O–H groups in total. The first-order valence-electron chi connectivity index (χ1n) is 10.3. The Hall–Kier alpha value is -2.57. The lowest BCUT2D eigenvalue weighted by molar-refractivity contribution is 0.0827. The lowest BCUT2D eigenvalue weighted by Crippen LogP contribution is -2.41. The molecule has 2 aliphatic heterocycles. The van der Waals surface area contributed by atoms with Crippen LogP contribution < -0.4 is 9.47 Å². The number of amides is 1. The van der Waals surface area contributed by atoms with E-state index in [2.05, 4.69) is 18.0 Å². The van der Waals surface area contributed by atoms with Gasteiger partial charge in [-0.1, -0.05) is 12.1 Å². The molecule has 0 spiro atoms. The van der Waals surface area contributed by atoms with Crippen LogP contribution in [0, 0.1) is 0 Å². The predicted molar refractivity (Wildman–Crippen MR) is 126 cm³/mol. The Kier molecular flexibility index (Phi) is 6.92. The largest absolute Gasteiger partial charge is 0.493 e. The summed E-state index contributed by atoms with van der Waals surface area (Å²) >= 11 is 0. The third-order valence-corrected chi connectivity index (χ3v) is 6.10. The number of hydrogen-bond acceptors (Lipinski definition) is 5. The van der Waals surface area contributed by atoms with Gasteiger partial charge in [-0.15, -0.1) is 12.4 Å². The molecule has 2 aromatic rings. The molecule has 7 heteroatoms. The molecular formula is C24H30ClN3O3. The molecule has 2 aliphatic rings. The normalized spacial score (nSPS) is 20.0. The van der Waals surface area contributed by atoms with Crippen LogP contribution in [0.25, 0.3) is 0 Å². The summed E-state index contributed by atoms with van der Waals surface area (Å²) in [5, 5.41) is 0. The number of halogens is 1. The Labute approximate surface area is 190 Å². The fourth-order valence-electron chi connectivity index (χ4n) is 4.46. The highest BCUT2D eigenvalue weighted by Gasteiger charge is 2.36. The molecule has 0 radical (unpaired) electrons. The van der Waals surface area contributed by atoms with Gasteiger partial charge in [0.05, 0.1) is 26.0 Å². The standard InChI is InChI=1S/C24H29N3O3.ClH/c1-26(2)24(28)16-8-6-15(7-9-16)23-18-13-22(30-5)21(29-4)12-17(18)19-14-27(3)11-10-20(19)25-23;/h6-9,12-13,19-20H,10-11,14H2,1-5H3;1H/t19-,20-;/m0./s1. The first kappa shape index (κ1) is 23.1. The number of carbonyl (C=O) groups is 1. The summed E-state index contributed by atoms with van der Waals surface area (Å²) in [6, 6.07) is 12.1. The van der Waals surface area contributed by atoms with Crippen molar-refractivity contribution in [2.45, 2.75) is 18.4 Å². The Balaban J connectivity index is 0.00000272. The fraction of sp³-hybridized carbons (Fsp3) is 0.417. The average Bonchev–Trinajstić information content (AvgIpc) is 2.77. The van der Waals surface area contributed by atoms with Crippen LogP contribution >= 0.6 is 12.4 Å². The minimum atomic E-state index is -0.00526. The van der Waals surface area contributed by atoms with Gasteiger partial charge in [0.1, 0.15) is 0 Å². The van der Waals surface area contributed by atoms with Crippen molar-refractivity contribution in [2.24, 2.45) is 4.99 Å². The van der Waals surface area contributed by atoms with E-state index in [-0.39, 0.29) is 24.4 Å². The minimum Gasteiger partial charge on any atom is -0.493 e. The van der Waals surface area contributed by atoms with Gasteiger partial charge in [0, 0.05) is 43.2 Å². The second-order valence-electron chi connectivity index (χ2n) is 8.27. The minimum absolute atomic E-state index is 0. The molecule has 1 amide bonds. The second kappa shape index (κ2) is 9.28. The molecule has 1 fully saturated rings. The number of aliphatic imine (C=N–C) groups is 1. The molecule has 0 aromatic heterocycles. The van der Waals surface area contributed by atoms with E-state index in [1.807, 2.05) is 30.3 Å². The van der Waals surface area contributed by atoms with Crippen LogP contribution in [0.2, 0.25) is 0 Å². The maximum absolute atomic E-state index is 12.3. The summed E-state index contributed by atoms with van der Waals surface area (Å²) in [6.45, 7) is 2.01. The molecule has 2 aromatic carbocycles. The van der Waals surface area contributed by atoms with E-state index >= 15 is 0 Å². The summed E-state index contributed by atoms with van der Waals surface area (Å²) in [5.74, 6) is 1.77. The van der Waals surface area contributed by atoms with E-state index < -0.39 is 0 Å². The van der Waals surface area contributed by atoms with Crippen LogP contribution in [-0.2, 0) is 0 Å². The van der Waals surface area contributed by atoms with Gasteiger partial charge < -0.3 is 19.3 Å². The number of nitrogens with zero attached hydrogens (tertiary/aromatic N) is 3. The number of hydrogen-bond donors (Lipinski definition) is 0. The molecule has 0 aliphatic carbocycles. The van der Waals surface area contributed by atoms with E-state index in [0.717, 1.165) is 42.1 Å². The third-order valence-electron chi connectivity index (χ3n) is 6.10. The van der Waals surface area contributed by atoms with Gasteiger partial charge in [-0.3, -0.25) is 9.79 Å². The van der Waals surface area contributed by atoms with Gasteiger partial charge in [-0.25, -0.2) is 0 Å². The lowest BCUT2D eigenvalue weighted by atomic mass is 9.79. The number of methoxy groups -OCH3 is 2. The Morgan fingerprint density at radius 3 is 2.35 bits per heavy atom. The Bertz CT molecular complexity index is 988. The van der Waals surface area contributed by atoms with Crippen LogP contribution in [0.5, 0.6) is 11.5 Å². The number of piperidine rings is 1. The Morgan fingerprint density at radius 2 is 1.74 bits per heavy atom. The zero-order valence-electron chi connectivity index (χ0n) is 18.7. The Morgan fingerprint density at radius 1 is 1.10 bits per heavy atom. The highest BCUT2D eigenvalue weighted by molar-refractivity contribution is 6.15. The average molecular weight is 444 g/mol. The van der Waals surface area contributed by atoms with Crippen LogP contribution in [0.4, 0.5) is 0 Å². The highest BCUT2D eigenvalue weighted by Crippen LogP contribution is 2.42. The molecule has 31 heavy (non-hydrogen) atoms. The zero-order chi connectivity index (χ0) is 21.4. The van der Waals surface area contributed by atoms with Crippen LogP contribution in [0.1, 0.15) is 39.4 Å². The van der Waals surface area contributed by atoms with E-state index in [4.69, 9.17) is 14.5 Å². The summed E-state index contributed by atoms with van der Waals surface area (Å²) in [6.07, 6.45) is 1.02. The van der Waals surface area contributed by atoms with E-state index in [1.165, 1.54) is 5.56 Å². The van der Waals surface area contributed by atoms with Crippen molar-refractivity contribution in [1.82, 2.24) is 9.80 Å². The number of benzene rings is 2. The lowest BCUT2D eigenvalue weighted by Gasteiger charge is -2.39. The van der Waals surface area contributed by atoms with Crippen molar-refractivity contribution in [1.29, 1.82) is 0 Å². The van der Waals surface area contributed by atoms with Gasteiger partial charge in [0.25, 0.3) is 5.91 Å². The molecule has 166 valence electrons. The van der Waals surface area contributed by atoms with E-state index in [9.17, 15) is 4.79 Å². The van der Waals surface area contributed by atoms with Gasteiger partial charge in [-0.05, 0) is 49.8 Å². The predicted octanol–water partition coefficient (Wildman–Crippen LogP) is 3.47. The first-order chi connectivity index (χ1) is 14.4. The summed E-state index contributed by atoms with van der Waals surface area (Å²) in [5.41, 5.74) is 4.97. The van der Waals surface area contributed by atoms with Crippen molar-refractivity contribution in [3.8, 4) is 11.5 Å². The molecule has 6 nitrogen and oxygen atoms in total. The monoisotopic (exact) mass is 443 g/mol. The molecule has 0 saturated carbocycles. The summed E-state index contributed by atoms with van der Waals surface area (Å²) in [7, 11) is 9.02. The molecule has 4 rings (SSSR count). The third kappa shape index (κ3) is 4.27. The van der Waals surface area contributed by atoms with Crippen molar-refractivity contribution in [3.05, 3.63) is 58.7 Å². The van der Waals surface area contributed by atoms with Gasteiger partial charge in [-0.2, -0.15) is 0 Å². The van der Waals surface area contributed by atoms with Crippen LogP contribution in [0.15, 0.2) is 41.4 Å². The van der Waals surface area contributed by atoms with Gasteiger partial charge in [0.15, 0.2) is 11.5 Å². The van der Waals surface area contributed by atoms with E-state index in [1.54, 1.807) is 33.2 Å². The summed E-state index contributed by atoms with van der Waals surface area (Å²) < 4.78 is 11.2. The number of fused-ring (bicyclic) bond motifs is 3. The molecular weight excluding hydrogens is 414 g/mol. The maximum atomic E-state index is 12.3. The molecule has 2 atom stereocenters. The molecule has 1 saturated heterocycles. The fourth-order valence-corrected chi connectivity index (χ4v) is 4.46. The topological polar surface area (TPSA) is 54.4 Å². The summed E-state index contributed by atoms with van der Waals surface area (Å²) in [4.78, 5) is 21.4. The second-order valence-corrected chi connectivity index (χ2v) is 8.27. The maximum Gasteiger partial charge on any atom is 0.253 e.